The maximum Gasteiger partial charge on any atom is 0.228 e. The first-order valence-corrected chi connectivity index (χ1v) is 10.0. The third-order valence-electron chi connectivity index (χ3n) is 5.58. The molecule has 0 bridgehead atoms. The highest BCUT2D eigenvalue weighted by atomic mass is 16.5. The smallest absolute Gasteiger partial charge is 0.228 e. The zero-order valence-corrected chi connectivity index (χ0v) is 17.0. The van der Waals surface area contributed by atoms with Gasteiger partial charge in [-0.3, -0.25) is 4.98 Å². The van der Waals surface area contributed by atoms with Crippen LogP contribution in [0.4, 0.5) is 0 Å². The summed E-state index contributed by atoms with van der Waals surface area (Å²) in [6.45, 7) is 0. The van der Waals surface area contributed by atoms with Crippen LogP contribution in [0.5, 0.6) is 23.1 Å². The van der Waals surface area contributed by atoms with Crippen molar-refractivity contribution in [1.82, 2.24) is 24.6 Å². The summed E-state index contributed by atoms with van der Waals surface area (Å²) in [5.74, 6) is 2.10. The van der Waals surface area contributed by atoms with Crippen molar-refractivity contribution in [2.45, 2.75) is 5.92 Å². The molecule has 0 aliphatic carbocycles. The van der Waals surface area contributed by atoms with Crippen molar-refractivity contribution in [2.24, 2.45) is 0 Å². The molecule has 8 nitrogen and oxygen atoms in total. The summed E-state index contributed by atoms with van der Waals surface area (Å²) in [6.07, 6.45) is 5.00. The van der Waals surface area contributed by atoms with Gasteiger partial charge < -0.3 is 14.6 Å². The van der Waals surface area contributed by atoms with Gasteiger partial charge >= 0.3 is 0 Å². The van der Waals surface area contributed by atoms with Gasteiger partial charge in [-0.2, -0.15) is 0 Å². The molecular weight excluding hydrogens is 406 g/mol. The Kier molecular flexibility index (Phi) is 4.04. The van der Waals surface area contributed by atoms with Gasteiger partial charge in [-0.25, -0.2) is 14.5 Å². The molecule has 1 N–H and O–H groups in total. The topological polar surface area (TPSA) is 94.7 Å². The number of para-hydroxylation sites is 1. The molecule has 32 heavy (non-hydrogen) atoms. The van der Waals surface area contributed by atoms with Crippen LogP contribution in [0.25, 0.3) is 17.0 Å². The van der Waals surface area contributed by atoms with Gasteiger partial charge in [0.1, 0.15) is 23.6 Å². The Hall–Kier alpha value is -4.46. The standard InChI is InChI=1S/C24H17N5O3/c1-31-18-5-3-2-4-16(18)20-17-7-6-15(30)12-19(17)32-24-21(20)23-27-22(28-29(23)13-26-24)14-8-10-25-11-9-14/h2-13,20,30H,1H3/t20-/m0/s1. The van der Waals surface area contributed by atoms with E-state index in [0.717, 1.165) is 28.0 Å². The van der Waals surface area contributed by atoms with Crippen molar-refractivity contribution in [3.63, 3.8) is 0 Å². The number of methoxy groups -OCH3 is 1. The largest absolute Gasteiger partial charge is 0.508 e. The van der Waals surface area contributed by atoms with Crippen LogP contribution >= 0.6 is 0 Å². The highest BCUT2D eigenvalue weighted by Crippen LogP contribution is 2.50. The first-order chi connectivity index (χ1) is 15.7. The van der Waals surface area contributed by atoms with Crippen molar-refractivity contribution in [3.8, 4) is 34.5 Å². The molecule has 0 saturated carbocycles. The molecule has 8 heteroatoms. The molecule has 0 amide bonds. The number of aromatic nitrogens is 5. The van der Waals surface area contributed by atoms with Gasteiger partial charge in [0.05, 0.1) is 18.6 Å². The fraction of sp³-hybridized carbons (Fsp3) is 0.0833. The number of fused-ring (bicyclic) bond motifs is 4. The van der Waals surface area contributed by atoms with Crippen molar-refractivity contribution in [2.75, 3.05) is 7.11 Å². The lowest BCUT2D eigenvalue weighted by Crippen LogP contribution is -2.15. The number of phenols is 1. The zero-order chi connectivity index (χ0) is 21.7. The molecule has 4 heterocycles. The lowest BCUT2D eigenvalue weighted by molar-refractivity contribution is 0.401. The Morgan fingerprint density at radius 1 is 1.03 bits per heavy atom. The Bertz CT molecular complexity index is 1470. The number of aromatic hydroxyl groups is 1. The number of hydrogen-bond acceptors (Lipinski definition) is 7. The van der Waals surface area contributed by atoms with Crippen molar-refractivity contribution < 1.29 is 14.6 Å². The van der Waals surface area contributed by atoms with Gasteiger partial charge in [-0.05, 0) is 24.3 Å². The Balaban J connectivity index is 1.65. The maximum atomic E-state index is 10.0. The second-order valence-corrected chi connectivity index (χ2v) is 7.40. The molecule has 0 fully saturated rings. The van der Waals surface area contributed by atoms with E-state index in [2.05, 4.69) is 15.1 Å². The van der Waals surface area contributed by atoms with Crippen LogP contribution < -0.4 is 9.47 Å². The van der Waals surface area contributed by atoms with Crippen LogP contribution in [0.2, 0.25) is 0 Å². The fourth-order valence-electron chi connectivity index (χ4n) is 4.15. The lowest BCUT2D eigenvalue weighted by atomic mass is 9.83. The van der Waals surface area contributed by atoms with Gasteiger partial charge in [-0.1, -0.05) is 24.3 Å². The molecule has 6 rings (SSSR count). The van der Waals surface area contributed by atoms with Crippen LogP contribution in [0.1, 0.15) is 22.6 Å². The Morgan fingerprint density at radius 2 is 1.88 bits per heavy atom. The Labute approximate surface area is 182 Å². The number of phenolic OH excluding ortho intramolecular Hbond substituents is 1. The van der Waals surface area contributed by atoms with E-state index in [9.17, 15) is 5.11 Å². The fourth-order valence-corrected chi connectivity index (χ4v) is 4.15. The monoisotopic (exact) mass is 423 g/mol. The zero-order valence-electron chi connectivity index (χ0n) is 17.0. The molecule has 5 aromatic rings. The second kappa shape index (κ2) is 7.05. The van der Waals surface area contributed by atoms with Crippen molar-refractivity contribution >= 4 is 5.65 Å². The molecule has 3 aromatic heterocycles. The van der Waals surface area contributed by atoms with E-state index in [1.54, 1.807) is 42.5 Å². The number of hydrogen-bond donors (Lipinski definition) is 1. The Morgan fingerprint density at radius 3 is 2.72 bits per heavy atom. The highest BCUT2D eigenvalue weighted by Gasteiger charge is 2.35. The summed E-state index contributed by atoms with van der Waals surface area (Å²) in [7, 11) is 1.65. The van der Waals surface area contributed by atoms with E-state index in [0.29, 0.717) is 23.1 Å². The van der Waals surface area contributed by atoms with Crippen LogP contribution in [0, 0.1) is 0 Å². The first kappa shape index (κ1) is 18.3. The molecule has 1 atom stereocenters. The van der Waals surface area contributed by atoms with E-state index < -0.39 is 0 Å². The summed E-state index contributed by atoms with van der Waals surface area (Å²) < 4.78 is 13.4. The summed E-state index contributed by atoms with van der Waals surface area (Å²) >= 11 is 0. The number of rotatable bonds is 3. The summed E-state index contributed by atoms with van der Waals surface area (Å²) in [5, 5.41) is 14.7. The number of ether oxygens (including phenoxy) is 2. The molecule has 0 spiro atoms. The van der Waals surface area contributed by atoms with E-state index in [4.69, 9.17) is 14.5 Å². The summed E-state index contributed by atoms with van der Waals surface area (Å²) in [5.41, 5.74) is 4.09. The average Bonchev–Trinajstić information content (AvgIpc) is 3.28. The van der Waals surface area contributed by atoms with Gasteiger partial charge in [0.2, 0.25) is 5.88 Å². The van der Waals surface area contributed by atoms with Gasteiger partial charge in [0.15, 0.2) is 11.5 Å². The third-order valence-corrected chi connectivity index (χ3v) is 5.58. The lowest BCUT2D eigenvalue weighted by Gasteiger charge is -2.28. The van der Waals surface area contributed by atoms with Crippen LogP contribution in [-0.2, 0) is 0 Å². The molecular formula is C24H17N5O3. The van der Waals surface area contributed by atoms with E-state index >= 15 is 0 Å². The third kappa shape index (κ3) is 2.77. The minimum atomic E-state index is -0.281. The van der Waals surface area contributed by atoms with Gasteiger partial charge in [0.25, 0.3) is 0 Å². The molecule has 1 aliphatic rings. The number of nitrogens with zero attached hydrogens (tertiary/aromatic N) is 5. The summed E-state index contributed by atoms with van der Waals surface area (Å²) in [4.78, 5) is 13.4. The van der Waals surface area contributed by atoms with E-state index in [1.807, 2.05) is 42.5 Å². The number of pyridine rings is 1. The minimum Gasteiger partial charge on any atom is -0.508 e. The number of benzene rings is 2. The normalized spacial score (nSPS) is 14.5. The molecule has 1 aliphatic heterocycles. The van der Waals surface area contributed by atoms with Crippen LogP contribution in [-0.4, -0.2) is 36.8 Å². The molecule has 2 aromatic carbocycles. The first-order valence-electron chi connectivity index (χ1n) is 10.0. The quantitative estimate of drug-likeness (QED) is 0.456. The predicted octanol–water partition coefficient (Wildman–Crippen LogP) is 4.19. The van der Waals surface area contributed by atoms with Gasteiger partial charge in [-0.15, -0.1) is 5.10 Å². The van der Waals surface area contributed by atoms with Gasteiger partial charge in [0, 0.05) is 35.2 Å². The van der Waals surface area contributed by atoms with Crippen molar-refractivity contribution in [1.29, 1.82) is 0 Å². The summed E-state index contributed by atoms with van der Waals surface area (Å²) in [6, 6.07) is 16.7. The van der Waals surface area contributed by atoms with E-state index in [1.165, 1.54) is 0 Å². The SMILES string of the molecule is COc1ccccc1[C@H]1c2ccc(O)cc2Oc2ncn3nc(-c4ccncc4)nc3c21. The predicted molar refractivity (Wildman–Crippen MR) is 116 cm³/mol. The highest BCUT2D eigenvalue weighted by molar-refractivity contribution is 5.69. The van der Waals surface area contributed by atoms with Crippen LogP contribution in [0.15, 0.2) is 73.3 Å². The molecule has 0 unspecified atom stereocenters. The van der Waals surface area contributed by atoms with E-state index in [-0.39, 0.29) is 11.7 Å². The maximum absolute atomic E-state index is 10.0. The van der Waals surface area contributed by atoms with Crippen LogP contribution in [0.3, 0.4) is 0 Å². The average molecular weight is 423 g/mol. The molecule has 156 valence electrons. The molecule has 0 radical (unpaired) electrons. The second-order valence-electron chi connectivity index (χ2n) is 7.40. The minimum absolute atomic E-state index is 0.120. The molecule has 0 saturated heterocycles. The van der Waals surface area contributed by atoms with Crippen molar-refractivity contribution in [3.05, 3.63) is 90.0 Å².